The Hall–Kier alpha value is -0.610. The summed E-state index contributed by atoms with van der Waals surface area (Å²) in [5.41, 5.74) is 0. The molecular formula is C14H24O4. The molecular weight excluding hydrogens is 232 g/mol. The van der Waals surface area contributed by atoms with Gasteiger partial charge in [-0.1, -0.05) is 32.6 Å². The van der Waals surface area contributed by atoms with Crippen molar-refractivity contribution in [3.05, 3.63) is 0 Å². The molecule has 0 aromatic carbocycles. The van der Waals surface area contributed by atoms with Gasteiger partial charge in [-0.25, -0.2) is 0 Å². The van der Waals surface area contributed by atoms with Crippen LogP contribution < -0.4 is 0 Å². The number of rotatable bonds is 7. The van der Waals surface area contributed by atoms with Crippen LogP contribution in [0.15, 0.2) is 0 Å². The molecule has 0 unspecified atom stereocenters. The minimum atomic E-state index is -0.481. The van der Waals surface area contributed by atoms with E-state index in [1.807, 2.05) is 0 Å². The maximum atomic E-state index is 11.6. The van der Waals surface area contributed by atoms with Crippen LogP contribution in [0.2, 0.25) is 0 Å². The number of hydrogen-bond acceptors (Lipinski definition) is 4. The second-order valence-electron chi connectivity index (χ2n) is 5.33. The Labute approximate surface area is 109 Å². The van der Waals surface area contributed by atoms with E-state index in [4.69, 9.17) is 9.47 Å². The molecule has 5 atom stereocenters. The third-order valence-corrected chi connectivity index (χ3v) is 4.02. The van der Waals surface area contributed by atoms with Gasteiger partial charge in [0.2, 0.25) is 0 Å². The van der Waals surface area contributed by atoms with E-state index < -0.39 is 6.10 Å². The van der Waals surface area contributed by atoms with Gasteiger partial charge in [0.05, 0.1) is 30.8 Å². The Morgan fingerprint density at radius 1 is 1.28 bits per heavy atom. The van der Waals surface area contributed by atoms with Gasteiger partial charge in [0, 0.05) is 5.92 Å². The number of esters is 1. The van der Waals surface area contributed by atoms with Gasteiger partial charge in [-0.05, 0) is 13.3 Å². The topological polar surface area (TPSA) is 55.8 Å². The highest BCUT2D eigenvalue weighted by Crippen LogP contribution is 2.53. The zero-order chi connectivity index (χ0) is 13.1. The van der Waals surface area contributed by atoms with Crippen molar-refractivity contribution in [2.45, 2.75) is 64.3 Å². The minimum Gasteiger partial charge on any atom is -0.466 e. The predicted octanol–water partition coefficient (Wildman–Crippen LogP) is 1.89. The van der Waals surface area contributed by atoms with Crippen molar-refractivity contribution in [2.24, 2.45) is 11.8 Å². The quantitative estimate of drug-likeness (QED) is 0.558. The summed E-state index contributed by atoms with van der Waals surface area (Å²) in [5.74, 6) is -0.442. The Bertz CT molecular complexity index is 292. The number of aliphatic hydroxyl groups excluding tert-OH is 1. The van der Waals surface area contributed by atoms with Gasteiger partial charge < -0.3 is 14.6 Å². The predicted molar refractivity (Wildman–Crippen MR) is 67.0 cm³/mol. The van der Waals surface area contributed by atoms with Crippen LogP contribution in [0.3, 0.4) is 0 Å². The molecule has 0 amide bonds. The van der Waals surface area contributed by atoms with E-state index in [1.54, 1.807) is 6.92 Å². The molecule has 0 radical (unpaired) electrons. The Kier molecular flexibility index (Phi) is 4.62. The standard InChI is InChI=1S/C14H24O4/c1-3-5-6-7-8-9-12(15)10-11(13(10)18-9)14(16)17-4-2/h9-13,15H,3-8H2,1-2H3/t9-,10-,11+,12-,13+/m1/s1. The molecule has 1 N–H and O–H groups in total. The molecule has 0 aromatic rings. The van der Waals surface area contributed by atoms with Crippen LogP contribution in [0.4, 0.5) is 0 Å². The van der Waals surface area contributed by atoms with Gasteiger partial charge in [-0.3, -0.25) is 4.79 Å². The fourth-order valence-electron chi connectivity index (χ4n) is 2.96. The number of ether oxygens (including phenoxy) is 2. The molecule has 18 heavy (non-hydrogen) atoms. The van der Waals surface area contributed by atoms with Crippen LogP contribution in [0.1, 0.15) is 46.0 Å². The monoisotopic (exact) mass is 256 g/mol. The van der Waals surface area contributed by atoms with Gasteiger partial charge in [-0.2, -0.15) is 0 Å². The van der Waals surface area contributed by atoms with E-state index in [-0.39, 0.29) is 30.0 Å². The third-order valence-electron chi connectivity index (χ3n) is 4.02. The van der Waals surface area contributed by atoms with Gasteiger partial charge in [-0.15, -0.1) is 0 Å². The molecule has 104 valence electrons. The molecule has 1 aliphatic heterocycles. The summed E-state index contributed by atoms with van der Waals surface area (Å²) in [7, 11) is 0. The van der Waals surface area contributed by atoms with E-state index in [9.17, 15) is 9.90 Å². The molecule has 1 aliphatic carbocycles. The number of carbonyl (C=O) groups excluding carboxylic acids is 1. The number of aliphatic hydroxyl groups is 1. The van der Waals surface area contributed by atoms with Crippen LogP contribution in [-0.4, -0.2) is 36.0 Å². The van der Waals surface area contributed by atoms with Crippen LogP contribution >= 0.6 is 0 Å². The van der Waals surface area contributed by atoms with Crippen LogP contribution in [-0.2, 0) is 14.3 Å². The van der Waals surface area contributed by atoms with E-state index in [0.717, 1.165) is 12.8 Å². The van der Waals surface area contributed by atoms with Gasteiger partial charge in [0.15, 0.2) is 0 Å². The summed E-state index contributed by atoms with van der Waals surface area (Å²) in [6.07, 6.45) is 5.01. The summed E-state index contributed by atoms with van der Waals surface area (Å²) in [5, 5.41) is 10.1. The maximum Gasteiger partial charge on any atom is 0.312 e. The molecule has 1 heterocycles. The lowest BCUT2D eigenvalue weighted by atomic mass is 10.0. The Morgan fingerprint density at radius 2 is 2.06 bits per heavy atom. The van der Waals surface area contributed by atoms with Crippen molar-refractivity contribution >= 4 is 5.97 Å². The average Bonchev–Trinajstić information content (AvgIpc) is 2.98. The molecule has 2 fully saturated rings. The van der Waals surface area contributed by atoms with E-state index in [2.05, 4.69) is 6.92 Å². The highest BCUT2D eigenvalue weighted by Gasteiger charge is 2.66. The van der Waals surface area contributed by atoms with E-state index in [0.29, 0.717) is 6.61 Å². The van der Waals surface area contributed by atoms with Crippen molar-refractivity contribution in [1.29, 1.82) is 0 Å². The van der Waals surface area contributed by atoms with Gasteiger partial charge in [0.25, 0.3) is 0 Å². The number of fused-ring (bicyclic) bond motifs is 1. The third kappa shape index (κ3) is 2.69. The smallest absolute Gasteiger partial charge is 0.312 e. The lowest BCUT2D eigenvalue weighted by Gasteiger charge is -2.19. The fraction of sp³-hybridized carbons (Fsp3) is 0.929. The largest absolute Gasteiger partial charge is 0.466 e. The van der Waals surface area contributed by atoms with Crippen LogP contribution in [0, 0.1) is 11.8 Å². The fourth-order valence-corrected chi connectivity index (χ4v) is 2.96. The highest BCUT2D eigenvalue weighted by atomic mass is 16.6. The SMILES string of the molecule is CCCCCC[C@H]1O[C@@H]2[C@@H](C(=O)OCC)[C@@H]2[C@@H]1O. The van der Waals surface area contributed by atoms with E-state index in [1.165, 1.54) is 19.3 Å². The normalized spacial score (nSPS) is 37.4. The molecule has 4 heteroatoms. The van der Waals surface area contributed by atoms with Crippen molar-refractivity contribution in [3.8, 4) is 0 Å². The summed E-state index contributed by atoms with van der Waals surface area (Å²) in [6, 6.07) is 0. The van der Waals surface area contributed by atoms with Crippen LogP contribution in [0.25, 0.3) is 0 Å². The number of carbonyl (C=O) groups is 1. The Morgan fingerprint density at radius 3 is 2.61 bits per heavy atom. The first-order valence-corrected chi connectivity index (χ1v) is 7.20. The maximum absolute atomic E-state index is 11.6. The summed E-state index contributed by atoms with van der Waals surface area (Å²) < 4.78 is 10.7. The first kappa shape index (κ1) is 13.8. The molecule has 1 saturated heterocycles. The minimum absolute atomic E-state index is 0.0137. The highest BCUT2D eigenvalue weighted by molar-refractivity contribution is 5.77. The molecule has 1 saturated carbocycles. The van der Waals surface area contributed by atoms with Gasteiger partial charge >= 0.3 is 5.97 Å². The lowest BCUT2D eigenvalue weighted by Crippen LogP contribution is -2.29. The van der Waals surface area contributed by atoms with Crippen LogP contribution in [0.5, 0.6) is 0 Å². The summed E-state index contributed by atoms with van der Waals surface area (Å²) >= 11 is 0. The summed E-state index contributed by atoms with van der Waals surface area (Å²) in [4.78, 5) is 11.6. The Balaban J connectivity index is 1.71. The lowest BCUT2D eigenvalue weighted by molar-refractivity contribution is -0.148. The zero-order valence-electron chi connectivity index (χ0n) is 11.3. The second kappa shape index (κ2) is 6.02. The number of hydrogen-bond donors (Lipinski definition) is 1. The molecule has 0 bridgehead atoms. The first-order valence-electron chi connectivity index (χ1n) is 7.20. The van der Waals surface area contributed by atoms with Gasteiger partial charge in [0.1, 0.15) is 0 Å². The first-order chi connectivity index (χ1) is 8.70. The molecule has 2 rings (SSSR count). The zero-order valence-corrected chi connectivity index (χ0v) is 11.3. The van der Waals surface area contributed by atoms with E-state index >= 15 is 0 Å². The van der Waals surface area contributed by atoms with Crippen molar-refractivity contribution < 1.29 is 19.4 Å². The molecule has 2 aliphatic rings. The van der Waals surface area contributed by atoms with Crippen molar-refractivity contribution in [3.63, 3.8) is 0 Å². The average molecular weight is 256 g/mol. The van der Waals surface area contributed by atoms with Crippen molar-refractivity contribution in [1.82, 2.24) is 0 Å². The molecule has 0 spiro atoms. The molecule has 0 aromatic heterocycles. The van der Waals surface area contributed by atoms with Crippen molar-refractivity contribution in [2.75, 3.05) is 6.61 Å². The number of unbranched alkanes of at least 4 members (excludes halogenated alkanes) is 3. The second-order valence-corrected chi connectivity index (χ2v) is 5.33. The summed E-state index contributed by atoms with van der Waals surface area (Å²) in [6.45, 7) is 4.37. The molecule has 4 nitrogen and oxygen atoms in total.